The lowest BCUT2D eigenvalue weighted by Crippen LogP contribution is -2.36. The van der Waals surface area contributed by atoms with Gasteiger partial charge in [0.2, 0.25) is 11.8 Å². The maximum absolute atomic E-state index is 12.8. The van der Waals surface area contributed by atoms with Gasteiger partial charge in [0, 0.05) is 32.2 Å². The van der Waals surface area contributed by atoms with Gasteiger partial charge in [-0.15, -0.1) is 0 Å². The molecule has 2 saturated heterocycles. The Kier molecular flexibility index (Phi) is 6.13. The van der Waals surface area contributed by atoms with Crippen LogP contribution in [0.4, 0.5) is 5.69 Å². The Labute approximate surface area is 171 Å². The van der Waals surface area contributed by atoms with Crippen molar-refractivity contribution in [2.24, 2.45) is 5.92 Å². The van der Waals surface area contributed by atoms with E-state index in [1.807, 2.05) is 4.90 Å². The molecular weight excluding hydrogens is 370 g/mol. The second-order valence-corrected chi connectivity index (χ2v) is 8.27. The SMILES string of the molecule is O=C(NCC1CCCO1)c1ccccc1NC(=O)C1CC(=O)N(C2CCCC2)C1. The normalized spacial score (nSPS) is 24.8. The zero-order chi connectivity index (χ0) is 20.2. The number of rotatable bonds is 6. The Balaban J connectivity index is 1.37. The van der Waals surface area contributed by atoms with Crippen LogP contribution in [0.3, 0.4) is 0 Å². The van der Waals surface area contributed by atoms with Gasteiger partial charge in [-0.25, -0.2) is 0 Å². The molecular formula is C22H29N3O4. The Bertz CT molecular complexity index is 769. The average molecular weight is 399 g/mol. The highest BCUT2D eigenvalue weighted by atomic mass is 16.5. The van der Waals surface area contributed by atoms with Gasteiger partial charge in [0.25, 0.3) is 5.91 Å². The number of anilines is 1. The van der Waals surface area contributed by atoms with Crippen molar-refractivity contribution in [1.29, 1.82) is 0 Å². The molecule has 0 spiro atoms. The van der Waals surface area contributed by atoms with Gasteiger partial charge in [-0.05, 0) is 37.8 Å². The largest absolute Gasteiger partial charge is 0.376 e. The van der Waals surface area contributed by atoms with Crippen LogP contribution in [0.5, 0.6) is 0 Å². The van der Waals surface area contributed by atoms with E-state index in [1.165, 1.54) is 0 Å². The molecule has 3 aliphatic rings. The first-order valence-electron chi connectivity index (χ1n) is 10.7. The minimum atomic E-state index is -0.369. The standard InChI is InChI=1S/C22H29N3O4/c26-20-12-15(14-25(20)16-6-1-2-7-16)21(27)24-19-10-4-3-9-18(19)22(28)23-13-17-8-5-11-29-17/h3-4,9-10,15-17H,1-2,5-8,11-14H2,(H,23,28)(H,24,27). The first kappa shape index (κ1) is 19.9. The maximum atomic E-state index is 12.8. The van der Waals surface area contributed by atoms with Crippen LogP contribution in [0.1, 0.15) is 55.3 Å². The predicted octanol–water partition coefficient (Wildman–Crippen LogP) is 2.33. The summed E-state index contributed by atoms with van der Waals surface area (Å²) in [6.07, 6.45) is 6.65. The highest BCUT2D eigenvalue weighted by Gasteiger charge is 2.38. The van der Waals surface area contributed by atoms with Crippen molar-refractivity contribution in [2.45, 2.75) is 57.1 Å². The van der Waals surface area contributed by atoms with Gasteiger partial charge in [0.05, 0.1) is 23.3 Å². The Morgan fingerprint density at radius 2 is 1.90 bits per heavy atom. The minimum absolute atomic E-state index is 0.0618. The highest BCUT2D eigenvalue weighted by molar-refractivity contribution is 6.05. The molecule has 7 heteroatoms. The molecule has 156 valence electrons. The maximum Gasteiger partial charge on any atom is 0.253 e. The van der Waals surface area contributed by atoms with E-state index in [-0.39, 0.29) is 42.2 Å². The Morgan fingerprint density at radius 3 is 2.66 bits per heavy atom. The fourth-order valence-electron chi connectivity index (χ4n) is 4.61. The lowest BCUT2D eigenvalue weighted by atomic mass is 10.1. The van der Waals surface area contributed by atoms with E-state index in [4.69, 9.17) is 4.74 Å². The lowest BCUT2D eigenvalue weighted by molar-refractivity contribution is -0.129. The number of benzene rings is 1. The number of ether oxygens (including phenoxy) is 1. The number of carbonyl (C=O) groups excluding carboxylic acids is 3. The van der Waals surface area contributed by atoms with Gasteiger partial charge in [0.15, 0.2) is 0 Å². The molecule has 29 heavy (non-hydrogen) atoms. The van der Waals surface area contributed by atoms with Gasteiger partial charge >= 0.3 is 0 Å². The van der Waals surface area contributed by atoms with Crippen molar-refractivity contribution >= 4 is 23.4 Å². The summed E-state index contributed by atoms with van der Waals surface area (Å²) in [6, 6.07) is 7.28. The molecule has 0 aromatic heterocycles. The summed E-state index contributed by atoms with van der Waals surface area (Å²) in [6.45, 7) is 1.68. The molecule has 0 bridgehead atoms. The van der Waals surface area contributed by atoms with E-state index in [0.717, 1.165) is 45.1 Å². The van der Waals surface area contributed by atoms with Crippen LogP contribution in [0.25, 0.3) is 0 Å². The zero-order valence-electron chi connectivity index (χ0n) is 16.7. The summed E-state index contributed by atoms with van der Waals surface area (Å²) in [5, 5.41) is 5.78. The molecule has 3 fully saturated rings. The molecule has 2 unspecified atom stereocenters. The molecule has 2 heterocycles. The monoisotopic (exact) mass is 399 g/mol. The predicted molar refractivity (Wildman–Crippen MR) is 108 cm³/mol. The van der Waals surface area contributed by atoms with Crippen molar-refractivity contribution in [3.8, 4) is 0 Å². The molecule has 1 saturated carbocycles. The van der Waals surface area contributed by atoms with Crippen molar-refractivity contribution < 1.29 is 19.1 Å². The van der Waals surface area contributed by atoms with E-state index >= 15 is 0 Å². The molecule has 3 amide bonds. The first-order valence-corrected chi connectivity index (χ1v) is 10.7. The number of carbonyl (C=O) groups is 3. The lowest BCUT2D eigenvalue weighted by Gasteiger charge is -2.24. The molecule has 1 aliphatic carbocycles. The minimum Gasteiger partial charge on any atom is -0.376 e. The second-order valence-electron chi connectivity index (χ2n) is 8.27. The number of amides is 3. The van der Waals surface area contributed by atoms with E-state index in [2.05, 4.69) is 10.6 Å². The van der Waals surface area contributed by atoms with Gasteiger partial charge in [-0.3, -0.25) is 14.4 Å². The number of para-hydroxylation sites is 1. The fraction of sp³-hybridized carbons (Fsp3) is 0.591. The van der Waals surface area contributed by atoms with E-state index in [1.54, 1.807) is 24.3 Å². The number of nitrogens with one attached hydrogen (secondary N) is 2. The van der Waals surface area contributed by atoms with E-state index in [9.17, 15) is 14.4 Å². The molecule has 7 nitrogen and oxygen atoms in total. The number of hydrogen-bond donors (Lipinski definition) is 2. The summed E-state index contributed by atoms with van der Waals surface area (Å²) in [5.41, 5.74) is 0.907. The van der Waals surface area contributed by atoms with Crippen molar-refractivity contribution in [3.05, 3.63) is 29.8 Å². The molecule has 0 radical (unpaired) electrons. The average Bonchev–Trinajstić information content (AvgIpc) is 3.48. The number of nitrogens with zero attached hydrogens (tertiary/aromatic N) is 1. The van der Waals surface area contributed by atoms with Gasteiger partial charge in [-0.1, -0.05) is 25.0 Å². The van der Waals surface area contributed by atoms with Crippen LogP contribution in [-0.4, -0.2) is 54.5 Å². The van der Waals surface area contributed by atoms with Crippen LogP contribution in [0.2, 0.25) is 0 Å². The van der Waals surface area contributed by atoms with Gasteiger partial charge < -0.3 is 20.3 Å². The van der Waals surface area contributed by atoms with E-state index < -0.39 is 0 Å². The van der Waals surface area contributed by atoms with Crippen LogP contribution in [-0.2, 0) is 14.3 Å². The Hall–Kier alpha value is -2.41. The van der Waals surface area contributed by atoms with Crippen molar-refractivity contribution in [3.63, 3.8) is 0 Å². The quantitative estimate of drug-likeness (QED) is 0.769. The van der Waals surface area contributed by atoms with Crippen molar-refractivity contribution in [1.82, 2.24) is 10.2 Å². The molecule has 4 rings (SSSR count). The van der Waals surface area contributed by atoms with Crippen LogP contribution >= 0.6 is 0 Å². The number of likely N-dealkylation sites (tertiary alicyclic amines) is 1. The van der Waals surface area contributed by atoms with Crippen LogP contribution in [0, 0.1) is 5.92 Å². The van der Waals surface area contributed by atoms with Crippen molar-refractivity contribution in [2.75, 3.05) is 25.0 Å². The third-order valence-corrected chi connectivity index (χ3v) is 6.24. The third kappa shape index (κ3) is 4.61. The van der Waals surface area contributed by atoms with Gasteiger partial charge in [-0.2, -0.15) is 0 Å². The summed E-state index contributed by atoms with van der Waals surface area (Å²) >= 11 is 0. The first-order chi connectivity index (χ1) is 14.1. The molecule has 1 aromatic carbocycles. The molecule has 1 aromatic rings. The fourth-order valence-corrected chi connectivity index (χ4v) is 4.61. The van der Waals surface area contributed by atoms with Gasteiger partial charge in [0.1, 0.15) is 0 Å². The topological polar surface area (TPSA) is 87.7 Å². The van der Waals surface area contributed by atoms with E-state index in [0.29, 0.717) is 24.3 Å². The third-order valence-electron chi connectivity index (χ3n) is 6.24. The smallest absolute Gasteiger partial charge is 0.253 e. The zero-order valence-corrected chi connectivity index (χ0v) is 16.7. The summed E-state index contributed by atoms with van der Waals surface area (Å²) in [5.74, 6) is -0.726. The summed E-state index contributed by atoms with van der Waals surface area (Å²) in [7, 11) is 0. The highest BCUT2D eigenvalue weighted by Crippen LogP contribution is 2.30. The molecule has 2 atom stereocenters. The summed E-state index contributed by atoms with van der Waals surface area (Å²) in [4.78, 5) is 39.7. The van der Waals surface area contributed by atoms with Crippen LogP contribution in [0.15, 0.2) is 24.3 Å². The molecule has 2 aliphatic heterocycles. The molecule has 2 N–H and O–H groups in total. The number of hydrogen-bond acceptors (Lipinski definition) is 4. The van der Waals surface area contributed by atoms with Crippen LogP contribution < -0.4 is 10.6 Å². The second kappa shape index (κ2) is 8.95. The Morgan fingerprint density at radius 1 is 1.10 bits per heavy atom. The summed E-state index contributed by atoms with van der Waals surface area (Å²) < 4.78 is 5.54.